The molecule has 0 fully saturated rings. The molecule has 0 aliphatic rings. The maximum absolute atomic E-state index is 3.50. The van der Waals surface area contributed by atoms with Crippen LogP contribution in [0.5, 0.6) is 0 Å². The van der Waals surface area contributed by atoms with Crippen LogP contribution in [0.25, 0.3) is 0 Å². The first-order chi connectivity index (χ1) is 7.24. The van der Waals surface area contributed by atoms with Crippen molar-refractivity contribution in [2.75, 3.05) is 6.54 Å². The lowest BCUT2D eigenvalue weighted by Crippen LogP contribution is -2.15. The normalized spacial score (nSPS) is 10.6. The van der Waals surface area contributed by atoms with Gasteiger partial charge in [0, 0.05) is 6.54 Å². The van der Waals surface area contributed by atoms with E-state index in [0.717, 1.165) is 13.1 Å². The molecule has 0 bridgehead atoms. The van der Waals surface area contributed by atoms with Crippen molar-refractivity contribution in [3.8, 4) is 0 Å². The molecule has 0 saturated carbocycles. The third-order valence-electron chi connectivity index (χ3n) is 2.77. The first kappa shape index (κ1) is 12.3. The summed E-state index contributed by atoms with van der Waals surface area (Å²) in [6.07, 6.45) is 3.92. The zero-order chi connectivity index (χ0) is 11.1. The first-order valence-corrected chi connectivity index (χ1v) is 6.01. The summed E-state index contributed by atoms with van der Waals surface area (Å²) >= 11 is 0. The van der Waals surface area contributed by atoms with Crippen molar-refractivity contribution in [2.24, 2.45) is 0 Å². The Bertz CT molecular complexity index is 291. The molecule has 1 N–H and O–H groups in total. The molecule has 1 rings (SSSR count). The molecule has 1 nitrogen and oxygen atoms in total. The van der Waals surface area contributed by atoms with Gasteiger partial charge in [0.25, 0.3) is 0 Å². The van der Waals surface area contributed by atoms with Gasteiger partial charge in [-0.15, -0.1) is 0 Å². The van der Waals surface area contributed by atoms with Gasteiger partial charge in [-0.2, -0.15) is 0 Å². The van der Waals surface area contributed by atoms with Crippen LogP contribution in [-0.4, -0.2) is 6.54 Å². The van der Waals surface area contributed by atoms with Crippen molar-refractivity contribution in [3.63, 3.8) is 0 Å². The van der Waals surface area contributed by atoms with E-state index in [2.05, 4.69) is 44.3 Å². The number of aryl methyl sites for hydroxylation is 2. The number of unbranched alkanes of at least 4 members (excludes halogenated alkanes) is 2. The molecule has 1 aromatic rings. The van der Waals surface area contributed by atoms with Crippen LogP contribution in [0.3, 0.4) is 0 Å². The highest BCUT2D eigenvalue weighted by Crippen LogP contribution is 2.09. The van der Waals surface area contributed by atoms with Crippen molar-refractivity contribution >= 4 is 0 Å². The summed E-state index contributed by atoms with van der Waals surface area (Å²) in [4.78, 5) is 0. The fourth-order valence-corrected chi connectivity index (χ4v) is 1.77. The van der Waals surface area contributed by atoms with Crippen molar-refractivity contribution in [3.05, 3.63) is 34.9 Å². The molecular weight excluding hydrogens is 182 g/mol. The summed E-state index contributed by atoms with van der Waals surface area (Å²) in [5, 5.41) is 3.50. The van der Waals surface area contributed by atoms with Crippen molar-refractivity contribution in [1.29, 1.82) is 0 Å². The highest BCUT2D eigenvalue weighted by molar-refractivity contribution is 5.30. The van der Waals surface area contributed by atoms with Crippen LogP contribution in [-0.2, 0) is 6.54 Å². The summed E-state index contributed by atoms with van der Waals surface area (Å²) in [6, 6.07) is 6.68. The number of hydrogen-bond acceptors (Lipinski definition) is 1. The van der Waals surface area contributed by atoms with Gasteiger partial charge in [0.1, 0.15) is 0 Å². The van der Waals surface area contributed by atoms with Crippen LogP contribution in [0.1, 0.15) is 42.9 Å². The first-order valence-electron chi connectivity index (χ1n) is 6.01. The standard InChI is InChI=1S/C14H23N/c1-4-5-6-9-15-11-14-8-7-12(2)10-13(14)3/h7-8,10,15H,4-6,9,11H2,1-3H3. The lowest BCUT2D eigenvalue weighted by Gasteiger charge is -2.08. The van der Waals surface area contributed by atoms with Gasteiger partial charge in [0.15, 0.2) is 0 Å². The Labute approximate surface area is 93.9 Å². The maximum atomic E-state index is 3.50. The van der Waals surface area contributed by atoms with Gasteiger partial charge in [-0.25, -0.2) is 0 Å². The van der Waals surface area contributed by atoms with E-state index < -0.39 is 0 Å². The van der Waals surface area contributed by atoms with Crippen LogP contribution in [0.2, 0.25) is 0 Å². The summed E-state index contributed by atoms with van der Waals surface area (Å²) in [6.45, 7) is 8.72. The molecule has 84 valence electrons. The summed E-state index contributed by atoms with van der Waals surface area (Å²) < 4.78 is 0. The molecule has 0 saturated heterocycles. The molecule has 0 spiro atoms. The van der Waals surface area contributed by atoms with E-state index >= 15 is 0 Å². The van der Waals surface area contributed by atoms with Gasteiger partial charge in [0.2, 0.25) is 0 Å². The molecule has 0 heterocycles. The molecular formula is C14H23N. The van der Waals surface area contributed by atoms with Gasteiger partial charge < -0.3 is 5.32 Å². The van der Waals surface area contributed by atoms with E-state index in [9.17, 15) is 0 Å². The number of benzene rings is 1. The smallest absolute Gasteiger partial charge is 0.0208 e. The van der Waals surface area contributed by atoms with Gasteiger partial charge in [-0.1, -0.05) is 43.5 Å². The number of hydrogen-bond donors (Lipinski definition) is 1. The van der Waals surface area contributed by atoms with Gasteiger partial charge in [0.05, 0.1) is 0 Å². The van der Waals surface area contributed by atoms with Crippen LogP contribution in [0, 0.1) is 13.8 Å². The molecule has 15 heavy (non-hydrogen) atoms. The molecule has 0 aliphatic carbocycles. The van der Waals surface area contributed by atoms with E-state index in [4.69, 9.17) is 0 Å². The maximum Gasteiger partial charge on any atom is 0.0208 e. The minimum atomic E-state index is 1.01. The van der Waals surface area contributed by atoms with Crippen molar-refractivity contribution < 1.29 is 0 Å². The summed E-state index contributed by atoms with van der Waals surface area (Å²) in [5.41, 5.74) is 4.18. The van der Waals surface area contributed by atoms with E-state index in [-0.39, 0.29) is 0 Å². The van der Waals surface area contributed by atoms with E-state index in [0.29, 0.717) is 0 Å². The molecule has 0 atom stereocenters. The summed E-state index contributed by atoms with van der Waals surface area (Å²) in [5.74, 6) is 0. The second-order valence-electron chi connectivity index (χ2n) is 4.31. The van der Waals surface area contributed by atoms with E-state index in [1.807, 2.05) is 0 Å². The molecule has 0 aliphatic heterocycles. The predicted octanol–water partition coefficient (Wildman–Crippen LogP) is 3.58. The Kier molecular flexibility index (Phi) is 5.41. The Balaban J connectivity index is 2.31. The third-order valence-corrected chi connectivity index (χ3v) is 2.77. The number of nitrogens with one attached hydrogen (secondary N) is 1. The molecule has 0 aromatic heterocycles. The molecule has 1 aromatic carbocycles. The highest BCUT2D eigenvalue weighted by atomic mass is 14.8. The van der Waals surface area contributed by atoms with Crippen LogP contribution in [0.15, 0.2) is 18.2 Å². The van der Waals surface area contributed by atoms with Crippen LogP contribution >= 0.6 is 0 Å². The topological polar surface area (TPSA) is 12.0 Å². The Morgan fingerprint density at radius 2 is 1.93 bits per heavy atom. The SMILES string of the molecule is CCCCCNCc1ccc(C)cc1C. The molecule has 0 radical (unpaired) electrons. The zero-order valence-electron chi connectivity index (χ0n) is 10.3. The van der Waals surface area contributed by atoms with Crippen LogP contribution < -0.4 is 5.32 Å². The molecule has 0 unspecified atom stereocenters. The second kappa shape index (κ2) is 6.62. The van der Waals surface area contributed by atoms with Crippen molar-refractivity contribution in [1.82, 2.24) is 5.32 Å². The fraction of sp³-hybridized carbons (Fsp3) is 0.571. The highest BCUT2D eigenvalue weighted by Gasteiger charge is 1.97. The average molecular weight is 205 g/mol. The van der Waals surface area contributed by atoms with Gasteiger partial charge in [-0.3, -0.25) is 0 Å². The van der Waals surface area contributed by atoms with Crippen molar-refractivity contribution in [2.45, 2.75) is 46.6 Å². The Morgan fingerprint density at radius 3 is 2.60 bits per heavy atom. The van der Waals surface area contributed by atoms with Crippen LogP contribution in [0.4, 0.5) is 0 Å². The summed E-state index contributed by atoms with van der Waals surface area (Å²) in [7, 11) is 0. The Hall–Kier alpha value is -0.820. The third kappa shape index (κ3) is 4.48. The minimum Gasteiger partial charge on any atom is -0.313 e. The molecule has 1 heteroatoms. The zero-order valence-corrected chi connectivity index (χ0v) is 10.3. The quantitative estimate of drug-likeness (QED) is 0.700. The van der Waals surface area contributed by atoms with E-state index in [1.165, 1.54) is 36.0 Å². The monoisotopic (exact) mass is 205 g/mol. The lowest BCUT2D eigenvalue weighted by atomic mass is 10.1. The van der Waals surface area contributed by atoms with Gasteiger partial charge >= 0.3 is 0 Å². The Morgan fingerprint density at radius 1 is 1.13 bits per heavy atom. The lowest BCUT2D eigenvalue weighted by molar-refractivity contribution is 0.615. The van der Waals surface area contributed by atoms with Gasteiger partial charge in [-0.05, 0) is 37.9 Å². The second-order valence-corrected chi connectivity index (χ2v) is 4.31. The average Bonchev–Trinajstić information content (AvgIpc) is 2.20. The fourth-order valence-electron chi connectivity index (χ4n) is 1.77. The minimum absolute atomic E-state index is 1.01. The number of rotatable bonds is 6. The predicted molar refractivity (Wildman–Crippen MR) is 67.1 cm³/mol. The molecule has 0 amide bonds. The van der Waals surface area contributed by atoms with E-state index in [1.54, 1.807) is 0 Å². The largest absolute Gasteiger partial charge is 0.313 e.